The highest BCUT2D eigenvalue weighted by Crippen LogP contribution is 2.25. The van der Waals surface area contributed by atoms with Crippen molar-refractivity contribution in [2.45, 2.75) is 19.9 Å². The molecule has 2 aliphatic rings. The smallest absolute Gasteiger partial charge is 0.252 e. The van der Waals surface area contributed by atoms with Crippen molar-refractivity contribution in [1.82, 2.24) is 5.32 Å². The van der Waals surface area contributed by atoms with Crippen molar-refractivity contribution in [3.8, 4) is 0 Å². The summed E-state index contributed by atoms with van der Waals surface area (Å²) in [4.78, 5) is 17.6. The first-order valence-corrected chi connectivity index (χ1v) is 10.8. The monoisotopic (exact) mass is 409 g/mol. The maximum absolute atomic E-state index is 13.0. The largest absolute Gasteiger partial charge is 0.378 e. The zero-order valence-corrected chi connectivity index (χ0v) is 17.9. The highest BCUT2D eigenvalue weighted by atomic mass is 16.5. The van der Waals surface area contributed by atoms with E-state index in [0.29, 0.717) is 0 Å². The van der Waals surface area contributed by atoms with E-state index in [1.807, 2.05) is 26.0 Å². The van der Waals surface area contributed by atoms with E-state index in [-0.39, 0.29) is 11.9 Å². The average molecular weight is 410 g/mol. The van der Waals surface area contributed by atoms with Gasteiger partial charge < -0.3 is 24.6 Å². The van der Waals surface area contributed by atoms with E-state index in [1.54, 1.807) is 0 Å². The van der Waals surface area contributed by atoms with Gasteiger partial charge in [-0.05, 0) is 49.2 Å². The van der Waals surface area contributed by atoms with Crippen LogP contribution in [0.1, 0.15) is 34.5 Å². The zero-order valence-electron chi connectivity index (χ0n) is 17.9. The van der Waals surface area contributed by atoms with Crippen molar-refractivity contribution in [2.75, 3.05) is 62.4 Å². The number of rotatable bonds is 5. The third-order valence-corrected chi connectivity index (χ3v) is 6.02. The minimum absolute atomic E-state index is 0.0348. The molecule has 2 fully saturated rings. The van der Waals surface area contributed by atoms with Crippen molar-refractivity contribution >= 4 is 17.3 Å². The molecule has 0 spiro atoms. The van der Waals surface area contributed by atoms with Gasteiger partial charge in [0.15, 0.2) is 0 Å². The molecular formula is C24H31N3O3. The Bertz CT molecular complexity index is 856. The molecule has 4 rings (SSSR count). The Labute approximate surface area is 178 Å². The fraction of sp³-hybridized carbons (Fsp3) is 0.458. The quantitative estimate of drug-likeness (QED) is 0.822. The molecule has 2 aromatic rings. The number of nitrogens with zero attached hydrogens (tertiary/aromatic N) is 2. The minimum Gasteiger partial charge on any atom is -0.378 e. The summed E-state index contributed by atoms with van der Waals surface area (Å²) >= 11 is 0. The van der Waals surface area contributed by atoms with Crippen LogP contribution < -0.4 is 15.1 Å². The van der Waals surface area contributed by atoms with E-state index in [2.05, 4.69) is 45.4 Å². The number of amides is 1. The first kappa shape index (κ1) is 20.7. The Hall–Kier alpha value is -2.57. The molecular weight excluding hydrogens is 378 g/mol. The molecule has 160 valence electrons. The standard InChI is InChI=1S/C24H31N3O3/c1-18-22(4-3-5-23(18)27-12-16-30-17-13-27)24(28)25-19(2)20-6-8-21(9-7-20)26-10-14-29-15-11-26/h3-9,19H,10-17H2,1-2H3,(H,25,28)/t19-/m0/s1. The van der Waals surface area contributed by atoms with Crippen molar-refractivity contribution in [3.05, 3.63) is 59.2 Å². The second-order valence-corrected chi connectivity index (χ2v) is 7.94. The molecule has 0 bridgehead atoms. The lowest BCUT2D eigenvalue weighted by Gasteiger charge is -2.30. The van der Waals surface area contributed by atoms with Crippen molar-refractivity contribution in [1.29, 1.82) is 0 Å². The molecule has 6 heteroatoms. The molecule has 6 nitrogen and oxygen atoms in total. The van der Waals surface area contributed by atoms with E-state index in [4.69, 9.17) is 9.47 Å². The van der Waals surface area contributed by atoms with Crippen LogP contribution in [0, 0.1) is 6.92 Å². The first-order chi connectivity index (χ1) is 14.6. The zero-order chi connectivity index (χ0) is 20.9. The molecule has 0 aromatic heterocycles. The number of nitrogens with one attached hydrogen (secondary N) is 1. The van der Waals surface area contributed by atoms with Gasteiger partial charge in [0, 0.05) is 43.1 Å². The van der Waals surface area contributed by atoms with Gasteiger partial charge in [-0.1, -0.05) is 18.2 Å². The Morgan fingerprint density at radius 2 is 1.50 bits per heavy atom. The highest BCUT2D eigenvalue weighted by molar-refractivity contribution is 5.97. The van der Waals surface area contributed by atoms with Crippen molar-refractivity contribution in [3.63, 3.8) is 0 Å². The predicted molar refractivity (Wildman–Crippen MR) is 120 cm³/mol. The maximum atomic E-state index is 13.0. The minimum atomic E-state index is -0.0670. The Morgan fingerprint density at radius 3 is 2.13 bits per heavy atom. The normalized spacial score (nSPS) is 18.2. The summed E-state index contributed by atoms with van der Waals surface area (Å²) in [7, 11) is 0. The number of carbonyl (C=O) groups is 1. The lowest BCUT2D eigenvalue weighted by Crippen LogP contribution is -2.37. The molecule has 2 aliphatic heterocycles. The van der Waals surface area contributed by atoms with Crippen molar-refractivity contribution in [2.24, 2.45) is 0 Å². The summed E-state index contributed by atoms with van der Waals surface area (Å²) in [5.74, 6) is -0.0348. The molecule has 2 heterocycles. The number of morpholine rings is 2. The second-order valence-electron chi connectivity index (χ2n) is 7.94. The van der Waals surface area contributed by atoms with Crippen LogP contribution in [0.4, 0.5) is 11.4 Å². The lowest BCUT2D eigenvalue weighted by atomic mass is 10.0. The van der Waals surface area contributed by atoms with E-state index in [9.17, 15) is 4.79 Å². The third kappa shape index (κ3) is 4.60. The van der Waals surface area contributed by atoms with Gasteiger partial charge in [0.05, 0.1) is 32.5 Å². The summed E-state index contributed by atoms with van der Waals surface area (Å²) in [6, 6.07) is 14.4. The topological polar surface area (TPSA) is 54.0 Å². The van der Waals surface area contributed by atoms with E-state index < -0.39 is 0 Å². The molecule has 0 aliphatic carbocycles. The van der Waals surface area contributed by atoms with Gasteiger partial charge in [0.2, 0.25) is 0 Å². The van der Waals surface area contributed by atoms with Crippen LogP contribution in [0.3, 0.4) is 0 Å². The summed E-state index contributed by atoms with van der Waals surface area (Å²) in [5, 5.41) is 3.17. The molecule has 1 N–H and O–H groups in total. The highest BCUT2D eigenvalue weighted by Gasteiger charge is 2.19. The number of benzene rings is 2. The second kappa shape index (κ2) is 9.49. The van der Waals surface area contributed by atoms with Gasteiger partial charge in [-0.15, -0.1) is 0 Å². The van der Waals surface area contributed by atoms with Crippen LogP contribution in [-0.4, -0.2) is 58.5 Å². The summed E-state index contributed by atoms with van der Waals surface area (Å²) < 4.78 is 10.9. The molecule has 1 amide bonds. The first-order valence-electron chi connectivity index (χ1n) is 10.8. The Morgan fingerprint density at radius 1 is 0.900 bits per heavy atom. The lowest BCUT2D eigenvalue weighted by molar-refractivity contribution is 0.0939. The average Bonchev–Trinajstić information content (AvgIpc) is 2.80. The maximum Gasteiger partial charge on any atom is 0.252 e. The molecule has 0 saturated carbocycles. The van der Waals surface area contributed by atoms with Gasteiger partial charge in [0.1, 0.15) is 0 Å². The summed E-state index contributed by atoms with van der Waals surface area (Å²) in [6.45, 7) is 10.6. The van der Waals surface area contributed by atoms with Crippen LogP contribution in [0.2, 0.25) is 0 Å². The summed E-state index contributed by atoms with van der Waals surface area (Å²) in [6.07, 6.45) is 0. The molecule has 2 saturated heterocycles. The molecule has 30 heavy (non-hydrogen) atoms. The predicted octanol–water partition coefficient (Wildman–Crippen LogP) is 3.16. The summed E-state index contributed by atoms with van der Waals surface area (Å²) in [5.41, 5.74) is 5.17. The molecule has 0 unspecified atom stereocenters. The molecule has 2 aromatic carbocycles. The number of ether oxygens (including phenoxy) is 2. The Kier molecular flexibility index (Phi) is 6.55. The SMILES string of the molecule is Cc1c(C(=O)N[C@@H](C)c2ccc(N3CCOCC3)cc2)cccc1N1CCOCC1. The Balaban J connectivity index is 1.43. The van der Waals surface area contributed by atoms with Gasteiger partial charge in [0.25, 0.3) is 5.91 Å². The fourth-order valence-electron chi connectivity index (χ4n) is 4.17. The van der Waals surface area contributed by atoms with Crippen LogP contribution in [0.15, 0.2) is 42.5 Å². The molecule has 0 radical (unpaired) electrons. The number of hydrogen-bond donors (Lipinski definition) is 1. The van der Waals surface area contributed by atoms with Crippen LogP contribution in [0.25, 0.3) is 0 Å². The van der Waals surface area contributed by atoms with Gasteiger partial charge in [-0.25, -0.2) is 0 Å². The van der Waals surface area contributed by atoms with E-state index in [0.717, 1.165) is 75.0 Å². The number of hydrogen-bond acceptors (Lipinski definition) is 5. The number of anilines is 2. The fourth-order valence-corrected chi connectivity index (χ4v) is 4.17. The third-order valence-electron chi connectivity index (χ3n) is 6.02. The van der Waals surface area contributed by atoms with Gasteiger partial charge in [-0.3, -0.25) is 4.79 Å². The van der Waals surface area contributed by atoms with Crippen LogP contribution in [-0.2, 0) is 9.47 Å². The van der Waals surface area contributed by atoms with Gasteiger partial charge >= 0.3 is 0 Å². The number of carbonyl (C=O) groups excluding carboxylic acids is 1. The van der Waals surface area contributed by atoms with E-state index >= 15 is 0 Å². The van der Waals surface area contributed by atoms with E-state index in [1.165, 1.54) is 5.69 Å². The van der Waals surface area contributed by atoms with Gasteiger partial charge in [-0.2, -0.15) is 0 Å². The van der Waals surface area contributed by atoms with Crippen LogP contribution >= 0.6 is 0 Å². The molecule has 1 atom stereocenters. The van der Waals surface area contributed by atoms with Crippen molar-refractivity contribution < 1.29 is 14.3 Å². The van der Waals surface area contributed by atoms with Crippen LogP contribution in [0.5, 0.6) is 0 Å².